The third kappa shape index (κ3) is 5.65. The fraction of sp³-hybridized carbons (Fsp3) is 0.471. The van der Waals surface area contributed by atoms with Crippen LogP contribution < -0.4 is 5.09 Å². The van der Waals surface area contributed by atoms with Gasteiger partial charge in [0.15, 0.2) is 0 Å². The third-order valence-electron chi connectivity index (χ3n) is 3.60. The average molecular weight is 409 g/mol. The van der Waals surface area contributed by atoms with E-state index in [1.165, 1.54) is 13.8 Å². The van der Waals surface area contributed by atoms with Crippen LogP contribution in [0.25, 0.3) is 5.57 Å². The largest absolute Gasteiger partial charge is 0.467 e. The van der Waals surface area contributed by atoms with Crippen molar-refractivity contribution in [2.24, 2.45) is 0 Å². The lowest BCUT2D eigenvalue weighted by atomic mass is 9.88. The van der Waals surface area contributed by atoms with Crippen molar-refractivity contribution in [1.82, 2.24) is 5.09 Å². The number of methoxy groups -OCH3 is 1. The van der Waals surface area contributed by atoms with E-state index >= 15 is 0 Å². The van der Waals surface area contributed by atoms with Gasteiger partial charge < -0.3 is 4.74 Å². The summed E-state index contributed by atoms with van der Waals surface area (Å²) in [6, 6.07) is 8.01. The number of alkyl halides is 3. The number of esters is 1. The molecule has 0 heterocycles. The van der Waals surface area contributed by atoms with Crippen LogP contribution in [-0.2, 0) is 23.1 Å². The van der Waals surface area contributed by atoms with E-state index in [-0.39, 0.29) is 18.8 Å². The average Bonchev–Trinajstić information content (AvgIpc) is 2.60. The number of hydrogen-bond donors (Lipinski definition) is 1. The van der Waals surface area contributed by atoms with Crippen molar-refractivity contribution in [2.75, 3.05) is 20.3 Å². The van der Waals surface area contributed by atoms with E-state index in [2.05, 4.69) is 11.3 Å². The van der Waals surface area contributed by atoms with E-state index in [0.717, 1.165) is 7.11 Å². The fourth-order valence-corrected chi connectivity index (χ4v) is 4.03. The van der Waals surface area contributed by atoms with Crippen molar-refractivity contribution in [3.05, 3.63) is 42.5 Å². The summed E-state index contributed by atoms with van der Waals surface area (Å²) in [5.74, 6) is -1.67. The second-order valence-corrected chi connectivity index (χ2v) is 7.22. The van der Waals surface area contributed by atoms with Gasteiger partial charge in [-0.05, 0) is 25.0 Å². The van der Waals surface area contributed by atoms with Crippen molar-refractivity contribution in [2.45, 2.75) is 32.0 Å². The van der Waals surface area contributed by atoms with E-state index in [1.54, 1.807) is 35.4 Å². The number of hydrogen-bond acceptors (Lipinski definition) is 5. The van der Waals surface area contributed by atoms with Gasteiger partial charge in [0.05, 0.1) is 20.3 Å². The topological polar surface area (TPSA) is 73.9 Å². The zero-order chi connectivity index (χ0) is 20.7. The maximum absolute atomic E-state index is 14.1. The van der Waals surface area contributed by atoms with Crippen LogP contribution >= 0.6 is 7.75 Å². The Morgan fingerprint density at radius 2 is 1.67 bits per heavy atom. The molecule has 0 spiro atoms. The highest BCUT2D eigenvalue weighted by atomic mass is 31.2. The Morgan fingerprint density at radius 3 is 2.07 bits per heavy atom. The van der Waals surface area contributed by atoms with E-state index in [9.17, 15) is 22.5 Å². The lowest BCUT2D eigenvalue weighted by molar-refractivity contribution is -0.207. The SMILES string of the molecule is C=C(CC(NP(=O)(OCC)OCC)(C(=O)OC)C(F)(F)F)c1ccccc1. The van der Waals surface area contributed by atoms with Gasteiger partial charge in [-0.3, -0.25) is 9.05 Å². The van der Waals surface area contributed by atoms with Crippen LogP contribution in [-0.4, -0.2) is 38.0 Å². The minimum Gasteiger partial charge on any atom is -0.467 e. The van der Waals surface area contributed by atoms with Crippen molar-refractivity contribution in [3.8, 4) is 0 Å². The molecule has 0 saturated carbocycles. The lowest BCUT2D eigenvalue weighted by Gasteiger charge is -2.36. The summed E-state index contributed by atoms with van der Waals surface area (Å²) in [5, 5.41) is 1.79. The molecule has 0 aliphatic carbocycles. The van der Waals surface area contributed by atoms with Crippen LogP contribution in [0.2, 0.25) is 0 Å². The first-order valence-corrected chi connectivity index (χ1v) is 9.66. The van der Waals surface area contributed by atoms with Gasteiger partial charge in [-0.25, -0.2) is 9.36 Å². The molecule has 27 heavy (non-hydrogen) atoms. The minimum atomic E-state index is -5.18. The van der Waals surface area contributed by atoms with Crippen LogP contribution in [0, 0.1) is 0 Å². The van der Waals surface area contributed by atoms with Gasteiger partial charge in [0.2, 0.25) is 5.54 Å². The predicted molar refractivity (Wildman–Crippen MR) is 94.9 cm³/mol. The summed E-state index contributed by atoms with van der Waals surface area (Å²) in [4.78, 5) is 12.3. The summed E-state index contributed by atoms with van der Waals surface area (Å²) in [7, 11) is -3.66. The molecular weight excluding hydrogens is 386 g/mol. The monoisotopic (exact) mass is 409 g/mol. The third-order valence-corrected chi connectivity index (χ3v) is 5.46. The molecule has 0 aromatic heterocycles. The summed E-state index contributed by atoms with van der Waals surface area (Å²) in [6.45, 7) is 6.12. The number of ether oxygens (including phenoxy) is 1. The number of benzene rings is 1. The highest BCUT2D eigenvalue weighted by molar-refractivity contribution is 7.51. The minimum absolute atomic E-state index is 0.00891. The molecule has 0 radical (unpaired) electrons. The van der Waals surface area contributed by atoms with Gasteiger partial charge in [-0.1, -0.05) is 36.9 Å². The van der Waals surface area contributed by atoms with E-state index < -0.39 is 31.9 Å². The van der Waals surface area contributed by atoms with E-state index in [4.69, 9.17) is 9.05 Å². The first-order chi connectivity index (χ1) is 12.5. The van der Waals surface area contributed by atoms with Gasteiger partial charge in [-0.15, -0.1) is 0 Å². The maximum Gasteiger partial charge on any atom is 0.418 e. The Kier molecular flexibility index (Phi) is 8.23. The molecule has 0 aliphatic heterocycles. The van der Waals surface area contributed by atoms with Crippen LogP contribution in [0.15, 0.2) is 36.9 Å². The Labute approximate surface area is 156 Å². The number of carbonyl (C=O) groups excluding carboxylic acids is 1. The molecule has 10 heteroatoms. The van der Waals surface area contributed by atoms with Crippen LogP contribution in [0.3, 0.4) is 0 Å². The molecule has 6 nitrogen and oxygen atoms in total. The molecule has 0 aliphatic rings. The second kappa shape index (κ2) is 9.50. The summed E-state index contributed by atoms with van der Waals surface area (Å²) in [5.41, 5.74) is -2.99. The van der Waals surface area contributed by atoms with E-state index in [0.29, 0.717) is 5.56 Å². The standard InChI is InChI=1S/C17H23F3NO5P/c1-5-25-27(23,26-6-2)21-16(15(22)24-4,17(18,19)20)12-13(3)14-10-8-7-9-11-14/h7-11H,3,5-6,12H2,1-2,4H3,(H,21,23). The van der Waals surface area contributed by atoms with Crippen LogP contribution in [0.1, 0.15) is 25.8 Å². The Morgan fingerprint density at radius 1 is 1.15 bits per heavy atom. The molecule has 152 valence electrons. The quantitative estimate of drug-likeness (QED) is 0.458. The van der Waals surface area contributed by atoms with Gasteiger partial charge in [0.25, 0.3) is 0 Å². The molecule has 1 aromatic carbocycles. The second-order valence-electron chi connectivity index (χ2n) is 5.49. The van der Waals surface area contributed by atoms with Crippen LogP contribution in [0.5, 0.6) is 0 Å². The number of carbonyl (C=O) groups is 1. The van der Waals surface area contributed by atoms with Crippen molar-refractivity contribution < 1.29 is 36.3 Å². The van der Waals surface area contributed by atoms with Crippen molar-refractivity contribution >= 4 is 19.3 Å². The molecule has 0 bridgehead atoms. The highest BCUT2D eigenvalue weighted by Gasteiger charge is 2.64. The molecular formula is C17H23F3NO5P. The summed E-state index contributed by atoms with van der Waals surface area (Å²) >= 11 is 0. The number of rotatable bonds is 10. The predicted octanol–water partition coefficient (Wildman–Crippen LogP) is 4.33. The summed E-state index contributed by atoms with van der Waals surface area (Å²) < 4.78 is 69.1. The first kappa shape index (κ1) is 23.4. The van der Waals surface area contributed by atoms with Crippen molar-refractivity contribution in [3.63, 3.8) is 0 Å². The Balaban J connectivity index is 3.44. The van der Waals surface area contributed by atoms with Gasteiger partial charge in [0.1, 0.15) is 0 Å². The molecule has 0 fully saturated rings. The first-order valence-electron chi connectivity index (χ1n) is 8.12. The molecule has 1 rings (SSSR count). The zero-order valence-electron chi connectivity index (χ0n) is 15.3. The fourth-order valence-electron chi connectivity index (χ4n) is 2.38. The molecule has 1 atom stereocenters. The van der Waals surface area contributed by atoms with Crippen LogP contribution in [0.4, 0.5) is 13.2 Å². The maximum atomic E-state index is 14.1. The molecule has 0 saturated heterocycles. The highest BCUT2D eigenvalue weighted by Crippen LogP contribution is 2.51. The number of halogens is 3. The molecule has 0 amide bonds. The Bertz CT molecular complexity index is 686. The van der Waals surface area contributed by atoms with Crippen molar-refractivity contribution in [1.29, 1.82) is 0 Å². The van der Waals surface area contributed by atoms with Gasteiger partial charge >= 0.3 is 19.9 Å². The van der Waals surface area contributed by atoms with E-state index in [1.807, 2.05) is 0 Å². The summed E-state index contributed by atoms with van der Waals surface area (Å²) in [6.07, 6.45) is -6.13. The molecule has 1 aromatic rings. The molecule has 1 unspecified atom stereocenters. The lowest BCUT2D eigenvalue weighted by Crippen LogP contribution is -2.62. The van der Waals surface area contributed by atoms with Gasteiger partial charge in [-0.2, -0.15) is 18.3 Å². The van der Waals surface area contributed by atoms with Gasteiger partial charge in [0, 0.05) is 6.42 Å². The normalized spacial score (nSPS) is 14.4. The Hall–Kier alpha value is -1.67. The zero-order valence-corrected chi connectivity index (χ0v) is 16.2. The smallest absolute Gasteiger partial charge is 0.418 e. The number of nitrogens with one attached hydrogen (secondary N) is 1. The molecule has 1 N–H and O–H groups in total.